The predicted molar refractivity (Wildman–Crippen MR) is 75.1 cm³/mol. The predicted octanol–water partition coefficient (Wildman–Crippen LogP) is 1.30. The number of anilines is 1. The molecule has 0 saturated heterocycles. The van der Waals surface area contributed by atoms with Gasteiger partial charge in [-0.3, -0.25) is 0 Å². The van der Waals surface area contributed by atoms with Gasteiger partial charge in [0.15, 0.2) is 0 Å². The molecule has 1 atom stereocenters. The van der Waals surface area contributed by atoms with E-state index in [1.807, 2.05) is 0 Å². The van der Waals surface area contributed by atoms with Crippen molar-refractivity contribution in [2.75, 3.05) is 17.3 Å². The van der Waals surface area contributed by atoms with Gasteiger partial charge in [0.2, 0.25) is 0 Å². The first-order chi connectivity index (χ1) is 8.19. The van der Waals surface area contributed by atoms with Crippen molar-refractivity contribution in [1.82, 2.24) is 0 Å². The third-order valence-electron chi connectivity index (χ3n) is 2.20. The Balaban J connectivity index is 2.94. The first-order valence-corrected chi connectivity index (χ1v) is 7.69. The van der Waals surface area contributed by atoms with E-state index in [0.717, 1.165) is 6.26 Å². The third kappa shape index (κ3) is 4.58. The maximum atomic E-state index is 13.1. The van der Waals surface area contributed by atoms with Crippen molar-refractivity contribution in [1.29, 1.82) is 0 Å². The van der Waals surface area contributed by atoms with E-state index < -0.39 is 15.7 Å². The van der Waals surface area contributed by atoms with Crippen molar-refractivity contribution in [2.45, 2.75) is 13.0 Å². The van der Waals surface area contributed by atoms with Gasteiger partial charge >= 0.3 is 0 Å². The molecule has 100 valence electrons. The Kier molecular flexibility index (Phi) is 4.64. The lowest BCUT2D eigenvalue weighted by molar-refractivity contribution is 0.598. The summed E-state index contributed by atoms with van der Waals surface area (Å²) < 4.78 is 35.4. The third-order valence-corrected chi connectivity index (χ3v) is 3.53. The maximum absolute atomic E-state index is 13.1. The lowest BCUT2D eigenvalue weighted by Gasteiger charge is -2.17. The molecule has 1 aromatic carbocycles. The van der Waals surface area contributed by atoms with Crippen molar-refractivity contribution < 1.29 is 12.8 Å². The van der Waals surface area contributed by atoms with Gasteiger partial charge in [-0.15, -0.1) is 0 Å². The van der Waals surface area contributed by atoms with E-state index in [1.165, 1.54) is 18.2 Å². The lowest BCUT2D eigenvalue weighted by Crippen LogP contribution is -2.26. The molecule has 1 unspecified atom stereocenters. The molecule has 7 heteroatoms. The molecule has 0 heterocycles. The van der Waals surface area contributed by atoms with Gasteiger partial charge in [-0.2, -0.15) is 0 Å². The molecule has 0 radical (unpaired) electrons. The number of hydrogen-bond acceptors (Lipinski definition) is 4. The van der Waals surface area contributed by atoms with E-state index in [1.54, 1.807) is 6.92 Å². The molecule has 3 N–H and O–H groups in total. The van der Waals surface area contributed by atoms with Crippen molar-refractivity contribution in [2.24, 2.45) is 5.73 Å². The highest BCUT2D eigenvalue weighted by molar-refractivity contribution is 7.90. The normalized spacial score (nSPS) is 13.1. The highest BCUT2D eigenvalue weighted by Gasteiger charge is 2.13. The highest BCUT2D eigenvalue weighted by Crippen LogP contribution is 2.18. The monoisotopic (exact) mass is 290 g/mol. The largest absolute Gasteiger partial charge is 0.389 e. The van der Waals surface area contributed by atoms with Crippen molar-refractivity contribution >= 4 is 32.7 Å². The molecule has 18 heavy (non-hydrogen) atoms. The zero-order valence-electron chi connectivity index (χ0n) is 10.1. The summed E-state index contributed by atoms with van der Waals surface area (Å²) in [5.41, 5.74) is 6.39. The molecule has 0 aromatic heterocycles. The highest BCUT2D eigenvalue weighted by atomic mass is 32.2. The van der Waals surface area contributed by atoms with Crippen molar-refractivity contribution in [3.05, 3.63) is 29.6 Å². The molecule has 0 fully saturated rings. The number of halogens is 1. The number of rotatable bonds is 5. The molecule has 0 bridgehead atoms. The van der Waals surface area contributed by atoms with Crippen LogP contribution in [0.4, 0.5) is 10.1 Å². The van der Waals surface area contributed by atoms with Crippen LogP contribution in [0.5, 0.6) is 0 Å². The van der Waals surface area contributed by atoms with Crippen LogP contribution in [0.1, 0.15) is 12.5 Å². The smallest absolute Gasteiger partial charge is 0.149 e. The van der Waals surface area contributed by atoms with E-state index >= 15 is 0 Å². The Labute approximate surface area is 111 Å². The SMILES string of the molecule is CC(CS(C)(=O)=O)Nc1ccc(F)cc1C(N)=S. The Hall–Kier alpha value is -1.21. The molecule has 0 amide bonds. The van der Waals surface area contributed by atoms with Crippen LogP contribution in [0, 0.1) is 5.82 Å². The summed E-state index contributed by atoms with van der Waals surface area (Å²) in [6.45, 7) is 1.72. The van der Waals surface area contributed by atoms with E-state index in [9.17, 15) is 12.8 Å². The lowest BCUT2D eigenvalue weighted by atomic mass is 10.1. The minimum atomic E-state index is -3.09. The fourth-order valence-corrected chi connectivity index (χ4v) is 2.77. The molecule has 1 aromatic rings. The van der Waals surface area contributed by atoms with E-state index in [0.29, 0.717) is 11.3 Å². The first kappa shape index (κ1) is 14.8. The maximum Gasteiger partial charge on any atom is 0.149 e. The molecule has 4 nitrogen and oxygen atoms in total. The summed E-state index contributed by atoms with van der Waals surface area (Å²) >= 11 is 4.82. The number of benzene rings is 1. The molecule has 1 rings (SSSR count). The van der Waals surface area contributed by atoms with Crippen LogP contribution in [0.25, 0.3) is 0 Å². The summed E-state index contributed by atoms with van der Waals surface area (Å²) in [6.07, 6.45) is 1.16. The summed E-state index contributed by atoms with van der Waals surface area (Å²) in [5.74, 6) is -0.472. The summed E-state index contributed by atoms with van der Waals surface area (Å²) in [6, 6.07) is 3.65. The van der Waals surface area contributed by atoms with Crippen LogP contribution in [0.2, 0.25) is 0 Å². The average molecular weight is 290 g/mol. The van der Waals surface area contributed by atoms with Crippen LogP contribution in [0.15, 0.2) is 18.2 Å². The second-order valence-electron chi connectivity index (χ2n) is 4.19. The second kappa shape index (κ2) is 5.62. The van der Waals surface area contributed by atoms with Gasteiger partial charge in [-0.05, 0) is 25.1 Å². The second-order valence-corrected chi connectivity index (χ2v) is 6.82. The quantitative estimate of drug-likeness (QED) is 0.800. The van der Waals surface area contributed by atoms with Gasteiger partial charge in [-0.25, -0.2) is 12.8 Å². The molecule has 0 aliphatic heterocycles. The summed E-state index contributed by atoms with van der Waals surface area (Å²) in [4.78, 5) is 0.0588. The molecule has 0 spiro atoms. The Morgan fingerprint density at radius 3 is 2.67 bits per heavy atom. The van der Waals surface area contributed by atoms with Crippen LogP contribution in [0.3, 0.4) is 0 Å². The standard InChI is InChI=1S/C11H15FN2O2S2/c1-7(6-18(2,15)16)14-10-4-3-8(12)5-9(10)11(13)17/h3-5,7,14H,6H2,1-2H3,(H2,13,17). The zero-order valence-corrected chi connectivity index (χ0v) is 11.7. The fraction of sp³-hybridized carbons (Fsp3) is 0.364. The Morgan fingerprint density at radius 1 is 1.56 bits per heavy atom. The molecule has 0 aliphatic carbocycles. The van der Waals surface area contributed by atoms with Gasteiger partial charge in [0, 0.05) is 23.5 Å². The van der Waals surface area contributed by atoms with Crippen LogP contribution < -0.4 is 11.1 Å². The molecule has 0 aliphatic rings. The molecular formula is C11H15FN2O2S2. The minimum absolute atomic E-state index is 0.0266. The van der Waals surface area contributed by atoms with Crippen LogP contribution in [-0.2, 0) is 9.84 Å². The van der Waals surface area contributed by atoms with Gasteiger partial charge in [-0.1, -0.05) is 12.2 Å². The van der Waals surface area contributed by atoms with Crippen LogP contribution in [-0.4, -0.2) is 31.5 Å². The fourth-order valence-electron chi connectivity index (χ4n) is 1.61. The van der Waals surface area contributed by atoms with E-state index in [4.69, 9.17) is 18.0 Å². The molecular weight excluding hydrogens is 275 g/mol. The van der Waals surface area contributed by atoms with E-state index in [2.05, 4.69) is 5.32 Å². The Bertz CT molecular complexity index is 558. The van der Waals surface area contributed by atoms with Crippen LogP contribution >= 0.6 is 12.2 Å². The number of sulfone groups is 1. The van der Waals surface area contributed by atoms with Gasteiger partial charge in [0.25, 0.3) is 0 Å². The average Bonchev–Trinajstić information content (AvgIpc) is 2.17. The number of thiocarbonyl (C=S) groups is 1. The first-order valence-electron chi connectivity index (χ1n) is 5.22. The minimum Gasteiger partial charge on any atom is -0.389 e. The topological polar surface area (TPSA) is 72.2 Å². The Morgan fingerprint density at radius 2 is 2.17 bits per heavy atom. The van der Waals surface area contributed by atoms with Gasteiger partial charge in [0.1, 0.15) is 20.6 Å². The van der Waals surface area contributed by atoms with Gasteiger partial charge < -0.3 is 11.1 Å². The number of nitrogens with two attached hydrogens (primary N) is 1. The van der Waals surface area contributed by atoms with E-state index in [-0.39, 0.29) is 16.8 Å². The zero-order chi connectivity index (χ0) is 13.9. The molecule has 0 saturated carbocycles. The number of hydrogen-bond donors (Lipinski definition) is 2. The number of nitrogens with one attached hydrogen (secondary N) is 1. The summed E-state index contributed by atoms with van der Waals surface area (Å²) in [5, 5.41) is 2.96. The summed E-state index contributed by atoms with van der Waals surface area (Å²) in [7, 11) is -3.09. The van der Waals surface area contributed by atoms with Crippen molar-refractivity contribution in [3.8, 4) is 0 Å². The van der Waals surface area contributed by atoms with Crippen molar-refractivity contribution in [3.63, 3.8) is 0 Å². The van der Waals surface area contributed by atoms with Gasteiger partial charge in [0.05, 0.1) is 5.75 Å².